The smallest absolute Gasteiger partial charge is 0.211 e. The van der Waals surface area contributed by atoms with E-state index in [-0.39, 0.29) is 17.0 Å². The first-order valence-electron chi connectivity index (χ1n) is 4.35. The van der Waals surface area contributed by atoms with Gasteiger partial charge >= 0.3 is 0 Å². The molecule has 1 aromatic rings. The highest BCUT2D eigenvalue weighted by atomic mass is 32.2. The van der Waals surface area contributed by atoms with E-state index >= 15 is 0 Å². The second-order valence-electron chi connectivity index (χ2n) is 2.87. The number of alkyl halides is 2. The lowest BCUT2D eigenvalue weighted by Crippen LogP contribution is -2.23. The molecule has 0 heterocycles. The molecule has 0 fully saturated rings. The largest absolute Gasteiger partial charge is 0.263 e. The zero-order valence-electron chi connectivity index (χ0n) is 8.07. The molecule has 84 valence electrons. The highest BCUT2D eigenvalue weighted by molar-refractivity contribution is 7.89. The van der Waals surface area contributed by atoms with E-state index in [1.165, 1.54) is 12.1 Å². The molecule has 0 aliphatic carbocycles. The predicted octanol–water partition coefficient (Wildman–Crippen LogP) is 1.92. The second-order valence-corrected chi connectivity index (χ2v) is 4.64. The Morgan fingerprint density at radius 1 is 1.27 bits per heavy atom. The first kappa shape index (κ1) is 12.1. The molecule has 15 heavy (non-hydrogen) atoms. The van der Waals surface area contributed by atoms with Crippen molar-refractivity contribution in [1.82, 2.24) is 4.72 Å². The van der Waals surface area contributed by atoms with Crippen LogP contribution in [0.5, 0.6) is 0 Å². The summed E-state index contributed by atoms with van der Waals surface area (Å²) in [5, 5.41) is 0. The maximum absolute atomic E-state index is 12.2. The zero-order chi connectivity index (χ0) is 11.5. The molecule has 1 aromatic carbocycles. The number of hydrogen-bond acceptors (Lipinski definition) is 2. The average molecular weight is 235 g/mol. The molecule has 1 rings (SSSR count). The molecule has 0 saturated carbocycles. The number of halogens is 2. The van der Waals surface area contributed by atoms with Gasteiger partial charge in [-0.3, -0.25) is 0 Å². The van der Waals surface area contributed by atoms with E-state index in [1.807, 2.05) is 0 Å². The van der Waals surface area contributed by atoms with Crippen molar-refractivity contribution in [3.05, 3.63) is 29.8 Å². The monoisotopic (exact) mass is 235 g/mol. The van der Waals surface area contributed by atoms with E-state index < -0.39 is 16.4 Å². The van der Waals surface area contributed by atoms with Gasteiger partial charge in [-0.1, -0.05) is 19.1 Å². The fourth-order valence-electron chi connectivity index (χ4n) is 1.07. The van der Waals surface area contributed by atoms with E-state index in [2.05, 4.69) is 4.72 Å². The van der Waals surface area contributed by atoms with Crippen LogP contribution in [0.1, 0.15) is 18.9 Å². The molecular formula is C9H11F2NO2S. The Bertz CT molecular complexity index is 414. The Morgan fingerprint density at radius 3 is 2.20 bits per heavy atom. The molecule has 0 aromatic heterocycles. The third kappa shape index (κ3) is 2.97. The van der Waals surface area contributed by atoms with Gasteiger partial charge in [0.25, 0.3) is 6.43 Å². The lowest BCUT2D eigenvalue weighted by molar-refractivity contribution is 0.151. The predicted molar refractivity (Wildman–Crippen MR) is 52.3 cm³/mol. The highest BCUT2D eigenvalue weighted by Gasteiger charge is 2.13. The van der Waals surface area contributed by atoms with E-state index in [1.54, 1.807) is 6.92 Å². The number of sulfonamides is 1. The molecular weight excluding hydrogens is 224 g/mol. The van der Waals surface area contributed by atoms with Gasteiger partial charge in [0.15, 0.2) is 0 Å². The van der Waals surface area contributed by atoms with Gasteiger partial charge in [-0.05, 0) is 12.1 Å². The summed E-state index contributed by atoms with van der Waals surface area (Å²) in [6, 6.07) is 4.54. The van der Waals surface area contributed by atoms with Gasteiger partial charge in [0.2, 0.25) is 10.0 Å². The van der Waals surface area contributed by atoms with Crippen molar-refractivity contribution in [2.75, 3.05) is 6.54 Å². The molecule has 0 amide bonds. The topological polar surface area (TPSA) is 46.2 Å². The molecule has 0 atom stereocenters. The third-order valence-electron chi connectivity index (χ3n) is 1.78. The van der Waals surface area contributed by atoms with Crippen LogP contribution in [-0.4, -0.2) is 15.0 Å². The minimum Gasteiger partial charge on any atom is -0.211 e. The summed E-state index contributed by atoms with van der Waals surface area (Å²) in [7, 11) is -3.55. The minimum absolute atomic E-state index is 0.00579. The van der Waals surface area contributed by atoms with Gasteiger partial charge in [0, 0.05) is 12.1 Å². The molecule has 1 N–H and O–H groups in total. The summed E-state index contributed by atoms with van der Waals surface area (Å²) in [4.78, 5) is -0.00579. The van der Waals surface area contributed by atoms with E-state index in [0.717, 1.165) is 12.1 Å². The maximum atomic E-state index is 12.2. The maximum Gasteiger partial charge on any atom is 0.263 e. The van der Waals surface area contributed by atoms with E-state index in [0.29, 0.717) is 0 Å². The van der Waals surface area contributed by atoms with Crippen LogP contribution >= 0.6 is 0 Å². The molecule has 6 heteroatoms. The Hall–Kier alpha value is -1.01. The SMILES string of the molecule is CCNS(=O)(=O)c1ccc(C(F)F)cc1. The number of nitrogens with one attached hydrogen (secondary N) is 1. The van der Waals surface area contributed by atoms with Crippen molar-refractivity contribution in [2.45, 2.75) is 18.2 Å². The van der Waals surface area contributed by atoms with Gasteiger partial charge in [-0.15, -0.1) is 0 Å². The van der Waals surface area contributed by atoms with Crippen LogP contribution in [0.25, 0.3) is 0 Å². The summed E-state index contributed by atoms with van der Waals surface area (Å²) in [6.45, 7) is 1.91. The van der Waals surface area contributed by atoms with Crippen molar-refractivity contribution in [3.8, 4) is 0 Å². The summed E-state index contributed by atoms with van der Waals surface area (Å²) in [6.07, 6.45) is -2.58. The van der Waals surface area contributed by atoms with Crippen molar-refractivity contribution in [1.29, 1.82) is 0 Å². The van der Waals surface area contributed by atoms with Gasteiger partial charge in [0.05, 0.1) is 4.90 Å². The van der Waals surface area contributed by atoms with Gasteiger partial charge < -0.3 is 0 Å². The van der Waals surface area contributed by atoms with Crippen molar-refractivity contribution < 1.29 is 17.2 Å². The van der Waals surface area contributed by atoms with Crippen LogP contribution in [0.3, 0.4) is 0 Å². The van der Waals surface area contributed by atoms with Crippen LogP contribution < -0.4 is 4.72 Å². The molecule has 0 bridgehead atoms. The van der Waals surface area contributed by atoms with Crippen LogP contribution in [-0.2, 0) is 10.0 Å². The molecule has 0 saturated heterocycles. The standard InChI is InChI=1S/C9H11F2NO2S/c1-2-12-15(13,14)8-5-3-7(4-6-8)9(10)11/h3-6,9,12H,2H2,1H3. The Balaban J connectivity index is 2.99. The fraction of sp³-hybridized carbons (Fsp3) is 0.333. The summed E-state index contributed by atoms with van der Waals surface area (Å²) >= 11 is 0. The molecule has 3 nitrogen and oxygen atoms in total. The first-order valence-corrected chi connectivity index (χ1v) is 5.83. The molecule has 0 aliphatic rings. The van der Waals surface area contributed by atoms with Crippen LogP contribution in [0.15, 0.2) is 29.2 Å². The normalized spacial score (nSPS) is 12.0. The Labute approximate surface area is 87.2 Å². The summed E-state index contributed by atoms with van der Waals surface area (Å²) in [5.74, 6) is 0. The van der Waals surface area contributed by atoms with E-state index in [9.17, 15) is 17.2 Å². The summed E-state index contributed by atoms with van der Waals surface area (Å²) in [5.41, 5.74) is -0.189. The molecule has 0 spiro atoms. The lowest BCUT2D eigenvalue weighted by atomic mass is 10.2. The second kappa shape index (κ2) is 4.67. The lowest BCUT2D eigenvalue weighted by Gasteiger charge is -2.05. The minimum atomic E-state index is -3.55. The van der Waals surface area contributed by atoms with E-state index in [4.69, 9.17) is 0 Å². The highest BCUT2D eigenvalue weighted by Crippen LogP contribution is 2.20. The van der Waals surface area contributed by atoms with Crippen LogP contribution in [0.4, 0.5) is 8.78 Å². The Morgan fingerprint density at radius 2 is 1.80 bits per heavy atom. The first-order chi connectivity index (χ1) is 6.97. The zero-order valence-corrected chi connectivity index (χ0v) is 8.89. The van der Waals surface area contributed by atoms with Crippen LogP contribution in [0.2, 0.25) is 0 Å². The van der Waals surface area contributed by atoms with Crippen molar-refractivity contribution in [3.63, 3.8) is 0 Å². The van der Waals surface area contributed by atoms with Gasteiger partial charge in [-0.2, -0.15) is 0 Å². The Kier molecular flexibility index (Phi) is 3.76. The molecule has 0 radical (unpaired) electrons. The third-order valence-corrected chi connectivity index (χ3v) is 3.34. The molecule has 0 unspecified atom stereocenters. The van der Waals surface area contributed by atoms with Gasteiger partial charge in [0.1, 0.15) is 0 Å². The summed E-state index contributed by atoms with van der Waals surface area (Å²) < 4.78 is 49.5. The number of benzene rings is 1. The van der Waals surface area contributed by atoms with Crippen LogP contribution in [0, 0.1) is 0 Å². The quantitative estimate of drug-likeness (QED) is 0.866. The van der Waals surface area contributed by atoms with Gasteiger partial charge in [-0.25, -0.2) is 21.9 Å². The average Bonchev–Trinajstić information content (AvgIpc) is 2.18. The molecule has 0 aliphatic heterocycles. The van der Waals surface area contributed by atoms with Crippen molar-refractivity contribution >= 4 is 10.0 Å². The van der Waals surface area contributed by atoms with Crippen molar-refractivity contribution in [2.24, 2.45) is 0 Å². The fourth-order valence-corrected chi connectivity index (χ4v) is 2.11. The number of rotatable bonds is 4. The number of hydrogen-bond donors (Lipinski definition) is 1.